The normalized spacial score (nSPS) is 12.6. The van der Waals surface area contributed by atoms with Gasteiger partial charge >= 0.3 is 0 Å². The minimum Gasteiger partial charge on any atom is -0.306 e. The summed E-state index contributed by atoms with van der Waals surface area (Å²) in [5.74, 6) is -1.68. The van der Waals surface area contributed by atoms with Crippen molar-refractivity contribution in [3.05, 3.63) is 56.7 Å². The molecular weight excluding hydrogens is 288 g/mol. The maximum absolute atomic E-state index is 13.4. The Morgan fingerprint density at radius 1 is 1.26 bits per heavy atom. The fraction of sp³-hybridized carbons (Fsp3) is 0.286. The van der Waals surface area contributed by atoms with Gasteiger partial charge in [-0.2, -0.15) is 0 Å². The van der Waals surface area contributed by atoms with Crippen molar-refractivity contribution in [3.63, 3.8) is 0 Å². The number of halogens is 3. The lowest BCUT2D eigenvalue weighted by atomic mass is 10.0. The smallest absolute Gasteiger partial charge is 0.159 e. The van der Waals surface area contributed by atoms with Crippen molar-refractivity contribution in [2.45, 2.75) is 19.4 Å². The average Bonchev–Trinajstić information content (AvgIpc) is 2.80. The zero-order valence-electron chi connectivity index (χ0n) is 10.4. The van der Waals surface area contributed by atoms with Crippen LogP contribution in [0.1, 0.15) is 29.8 Å². The lowest BCUT2D eigenvalue weighted by Crippen LogP contribution is -2.22. The van der Waals surface area contributed by atoms with Gasteiger partial charge in [0.25, 0.3) is 0 Å². The Morgan fingerprint density at radius 3 is 2.63 bits per heavy atom. The molecule has 0 saturated carbocycles. The van der Waals surface area contributed by atoms with Gasteiger partial charge in [0.15, 0.2) is 11.6 Å². The highest BCUT2D eigenvalue weighted by Crippen LogP contribution is 2.33. The summed E-state index contributed by atoms with van der Waals surface area (Å²) in [6, 6.07) is 5.55. The molecule has 1 aromatic carbocycles. The number of rotatable bonds is 5. The van der Waals surface area contributed by atoms with Crippen LogP contribution in [-0.2, 0) is 0 Å². The first kappa shape index (κ1) is 14.4. The maximum Gasteiger partial charge on any atom is 0.159 e. The first-order valence-corrected chi connectivity index (χ1v) is 7.30. The molecule has 0 amide bonds. The van der Waals surface area contributed by atoms with E-state index in [1.807, 2.05) is 18.4 Å². The van der Waals surface area contributed by atoms with Crippen LogP contribution in [0.3, 0.4) is 0 Å². The average molecular weight is 302 g/mol. The first-order valence-electron chi connectivity index (χ1n) is 6.04. The molecule has 0 radical (unpaired) electrons. The van der Waals surface area contributed by atoms with Gasteiger partial charge in [-0.1, -0.05) is 24.6 Å². The summed E-state index contributed by atoms with van der Waals surface area (Å²) in [4.78, 5) is 0.918. The van der Waals surface area contributed by atoms with E-state index in [2.05, 4.69) is 5.32 Å². The third-order valence-electron chi connectivity index (χ3n) is 2.78. The lowest BCUT2D eigenvalue weighted by molar-refractivity contribution is 0.503. The third kappa shape index (κ3) is 3.32. The monoisotopic (exact) mass is 301 g/mol. The van der Waals surface area contributed by atoms with Crippen molar-refractivity contribution >= 4 is 22.9 Å². The molecule has 0 aliphatic heterocycles. The predicted octanol–water partition coefficient (Wildman–Crippen LogP) is 4.77. The number of hydrogen-bond acceptors (Lipinski definition) is 2. The molecule has 5 heteroatoms. The summed E-state index contributed by atoms with van der Waals surface area (Å²) in [7, 11) is 0. The minimum absolute atomic E-state index is 0.206. The van der Waals surface area contributed by atoms with Crippen LogP contribution in [0.5, 0.6) is 0 Å². The molecule has 0 spiro atoms. The van der Waals surface area contributed by atoms with Gasteiger partial charge in [0.05, 0.1) is 11.1 Å². The van der Waals surface area contributed by atoms with E-state index in [0.717, 1.165) is 23.9 Å². The van der Waals surface area contributed by atoms with E-state index in [4.69, 9.17) is 11.6 Å². The number of hydrogen-bond donors (Lipinski definition) is 1. The molecule has 1 aromatic heterocycles. The van der Waals surface area contributed by atoms with Crippen LogP contribution in [0.25, 0.3) is 0 Å². The van der Waals surface area contributed by atoms with Crippen LogP contribution >= 0.6 is 22.9 Å². The molecule has 0 fully saturated rings. The van der Waals surface area contributed by atoms with Gasteiger partial charge in [0.1, 0.15) is 0 Å². The van der Waals surface area contributed by atoms with Crippen molar-refractivity contribution in [3.8, 4) is 0 Å². The Labute approximate surface area is 120 Å². The van der Waals surface area contributed by atoms with Crippen LogP contribution in [0.2, 0.25) is 5.02 Å². The first-order chi connectivity index (χ1) is 9.13. The van der Waals surface area contributed by atoms with E-state index < -0.39 is 11.6 Å². The molecule has 1 unspecified atom stereocenters. The van der Waals surface area contributed by atoms with E-state index in [1.165, 1.54) is 17.4 Å². The van der Waals surface area contributed by atoms with Crippen LogP contribution in [0, 0.1) is 11.6 Å². The van der Waals surface area contributed by atoms with E-state index in [1.54, 1.807) is 6.07 Å². The molecule has 1 heterocycles. The van der Waals surface area contributed by atoms with Crippen LogP contribution < -0.4 is 5.32 Å². The molecule has 102 valence electrons. The van der Waals surface area contributed by atoms with E-state index >= 15 is 0 Å². The molecule has 0 aliphatic rings. The summed E-state index contributed by atoms with van der Waals surface area (Å²) < 4.78 is 26.4. The van der Waals surface area contributed by atoms with E-state index in [-0.39, 0.29) is 6.04 Å². The predicted molar refractivity (Wildman–Crippen MR) is 75.8 cm³/mol. The molecule has 1 N–H and O–H groups in total. The van der Waals surface area contributed by atoms with Gasteiger partial charge in [-0.05, 0) is 42.1 Å². The molecule has 2 rings (SSSR count). The zero-order valence-corrected chi connectivity index (χ0v) is 12.0. The minimum atomic E-state index is -0.839. The molecule has 0 aliphatic carbocycles. The van der Waals surface area contributed by atoms with Gasteiger partial charge < -0.3 is 5.32 Å². The topological polar surface area (TPSA) is 12.0 Å². The quantitative estimate of drug-likeness (QED) is 0.839. The van der Waals surface area contributed by atoms with Gasteiger partial charge in [0, 0.05) is 4.88 Å². The van der Waals surface area contributed by atoms with Gasteiger partial charge in [-0.25, -0.2) is 8.78 Å². The molecule has 0 saturated heterocycles. The number of benzene rings is 1. The SMILES string of the molecule is CCCNC(c1ccc(F)c(F)c1)c1sccc1Cl. The molecule has 1 atom stereocenters. The summed E-state index contributed by atoms with van der Waals surface area (Å²) in [5, 5.41) is 5.84. The van der Waals surface area contributed by atoms with Crippen LogP contribution in [0.15, 0.2) is 29.6 Å². The Balaban J connectivity index is 2.37. The standard InChI is InChI=1S/C14H14ClF2NS/c1-2-6-18-13(14-10(15)5-7-19-14)9-3-4-11(16)12(17)8-9/h3-5,7-8,13,18H,2,6H2,1H3. The van der Waals surface area contributed by atoms with Crippen LogP contribution in [-0.4, -0.2) is 6.54 Å². The summed E-state index contributed by atoms with van der Waals surface area (Å²) >= 11 is 7.64. The summed E-state index contributed by atoms with van der Waals surface area (Å²) in [6.45, 7) is 2.82. The second-order valence-corrected chi connectivity index (χ2v) is 5.55. The highest BCUT2D eigenvalue weighted by molar-refractivity contribution is 7.10. The Kier molecular flexibility index (Phi) is 4.91. The Morgan fingerprint density at radius 2 is 2.05 bits per heavy atom. The molecule has 0 bridgehead atoms. The lowest BCUT2D eigenvalue weighted by Gasteiger charge is -2.18. The van der Waals surface area contributed by atoms with Crippen molar-refractivity contribution in [1.82, 2.24) is 5.32 Å². The zero-order chi connectivity index (χ0) is 13.8. The Bertz CT molecular complexity index is 556. The van der Waals surface area contributed by atoms with Gasteiger partial charge in [0.2, 0.25) is 0 Å². The summed E-state index contributed by atoms with van der Waals surface area (Å²) in [6.07, 6.45) is 0.948. The van der Waals surface area contributed by atoms with E-state index in [0.29, 0.717) is 10.6 Å². The van der Waals surface area contributed by atoms with Crippen molar-refractivity contribution in [2.75, 3.05) is 6.54 Å². The Hall–Kier alpha value is -0.970. The maximum atomic E-state index is 13.4. The fourth-order valence-corrected chi connectivity index (χ4v) is 3.12. The second-order valence-electron chi connectivity index (χ2n) is 4.19. The molecule has 1 nitrogen and oxygen atoms in total. The number of thiophene rings is 1. The summed E-state index contributed by atoms with van der Waals surface area (Å²) in [5.41, 5.74) is 0.678. The van der Waals surface area contributed by atoms with E-state index in [9.17, 15) is 8.78 Å². The molecule has 19 heavy (non-hydrogen) atoms. The largest absolute Gasteiger partial charge is 0.306 e. The van der Waals surface area contributed by atoms with Crippen LogP contribution in [0.4, 0.5) is 8.78 Å². The molecule has 2 aromatic rings. The third-order valence-corrected chi connectivity index (χ3v) is 4.21. The number of nitrogens with one attached hydrogen (secondary N) is 1. The van der Waals surface area contributed by atoms with Crippen molar-refractivity contribution in [2.24, 2.45) is 0 Å². The van der Waals surface area contributed by atoms with Crippen molar-refractivity contribution < 1.29 is 8.78 Å². The molecular formula is C14H14ClF2NS. The fourth-order valence-electron chi connectivity index (χ4n) is 1.85. The highest BCUT2D eigenvalue weighted by Gasteiger charge is 2.19. The van der Waals surface area contributed by atoms with Crippen molar-refractivity contribution in [1.29, 1.82) is 0 Å². The van der Waals surface area contributed by atoms with Gasteiger partial charge in [-0.15, -0.1) is 11.3 Å². The van der Waals surface area contributed by atoms with Gasteiger partial charge in [-0.3, -0.25) is 0 Å². The second kappa shape index (κ2) is 6.46. The highest BCUT2D eigenvalue weighted by atomic mass is 35.5.